The molecule has 2 aliphatic rings. The van der Waals surface area contributed by atoms with Crippen LogP contribution in [-0.2, 0) is 0 Å². The second-order valence-corrected chi connectivity index (χ2v) is 6.58. The highest BCUT2D eigenvalue weighted by molar-refractivity contribution is 8.01. The molecule has 0 amide bonds. The van der Waals surface area contributed by atoms with Crippen molar-refractivity contribution in [2.75, 3.05) is 36.9 Å². The molecule has 2 heterocycles. The van der Waals surface area contributed by atoms with Gasteiger partial charge in [-0.2, -0.15) is 23.5 Å². The SMILES string of the molecule is CC1CN(C2(CN)CSC2)CCS1. The molecule has 0 aromatic carbocycles. The van der Waals surface area contributed by atoms with Gasteiger partial charge in [0.1, 0.15) is 0 Å². The summed E-state index contributed by atoms with van der Waals surface area (Å²) < 4.78 is 0. The van der Waals surface area contributed by atoms with Crippen molar-refractivity contribution in [3.05, 3.63) is 0 Å². The first kappa shape index (κ1) is 10.1. The minimum atomic E-state index is 0.375. The molecule has 13 heavy (non-hydrogen) atoms. The monoisotopic (exact) mass is 218 g/mol. The van der Waals surface area contributed by atoms with Crippen LogP contribution in [0.4, 0.5) is 0 Å². The maximum Gasteiger partial charge on any atom is 0.0512 e. The molecule has 4 heteroatoms. The summed E-state index contributed by atoms with van der Waals surface area (Å²) >= 11 is 4.13. The second kappa shape index (κ2) is 4.01. The summed E-state index contributed by atoms with van der Waals surface area (Å²) in [6, 6.07) is 0. The van der Waals surface area contributed by atoms with Gasteiger partial charge in [0, 0.05) is 42.1 Å². The summed E-state index contributed by atoms with van der Waals surface area (Å²) in [5.41, 5.74) is 6.26. The summed E-state index contributed by atoms with van der Waals surface area (Å²) in [5.74, 6) is 3.79. The van der Waals surface area contributed by atoms with Gasteiger partial charge in [0.25, 0.3) is 0 Å². The van der Waals surface area contributed by atoms with Crippen molar-refractivity contribution < 1.29 is 0 Å². The van der Waals surface area contributed by atoms with E-state index >= 15 is 0 Å². The van der Waals surface area contributed by atoms with E-state index in [9.17, 15) is 0 Å². The normalized spacial score (nSPS) is 34.2. The first-order valence-electron chi connectivity index (χ1n) is 4.91. The van der Waals surface area contributed by atoms with Gasteiger partial charge in [-0.05, 0) is 0 Å². The van der Waals surface area contributed by atoms with E-state index in [0.29, 0.717) is 5.54 Å². The molecule has 0 bridgehead atoms. The molecule has 2 fully saturated rings. The predicted molar refractivity (Wildman–Crippen MR) is 62.6 cm³/mol. The molecule has 1 unspecified atom stereocenters. The number of hydrogen-bond donors (Lipinski definition) is 1. The molecule has 2 aliphatic heterocycles. The molecule has 76 valence electrons. The van der Waals surface area contributed by atoms with Gasteiger partial charge in [0.05, 0.1) is 5.54 Å². The van der Waals surface area contributed by atoms with Gasteiger partial charge in [-0.15, -0.1) is 0 Å². The van der Waals surface area contributed by atoms with E-state index in [1.165, 1.54) is 30.3 Å². The van der Waals surface area contributed by atoms with Crippen LogP contribution in [-0.4, -0.2) is 52.6 Å². The van der Waals surface area contributed by atoms with Gasteiger partial charge < -0.3 is 5.73 Å². The van der Waals surface area contributed by atoms with Crippen LogP contribution < -0.4 is 5.73 Å². The Morgan fingerprint density at radius 1 is 1.54 bits per heavy atom. The van der Waals surface area contributed by atoms with E-state index < -0.39 is 0 Å². The summed E-state index contributed by atoms with van der Waals surface area (Å²) in [5, 5.41) is 0.794. The molecular weight excluding hydrogens is 200 g/mol. The highest BCUT2D eigenvalue weighted by Crippen LogP contribution is 2.36. The van der Waals surface area contributed by atoms with Crippen molar-refractivity contribution in [1.82, 2.24) is 4.90 Å². The lowest BCUT2D eigenvalue weighted by atomic mass is 10.0. The molecule has 2 saturated heterocycles. The lowest BCUT2D eigenvalue weighted by Gasteiger charge is -2.51. The fourth-order valence-electron chi connectivity index (χ4n) is 2.02. The van der Waals surface area contributed by atoms with Gasteiger partial charge >= 0.3 is 0 Å². The van der Waals surface area contributed by atoms with Crippen LogP contribution >= 0.6 is 23.5 Å². The van der Waals surface area contributed by atoms with Crippen molar-refractivity contribution in [1.29, 1.82) is 0 Å². The van der Waals surface area contributed by atoms with Crippen molar-refractivity contribution in [3.63, 3.8) is 0 Å². The second-order valence-electron chi connectivity index (χ2n) is 4.05. The Hall–Kier alpha value is 0.620. The van der Waals surface area contributed by atoms with Crippen LogP contribution in [0.25, 0.3) is 0 Å². The van der Waals surface area contributed by atoms with Crippen LogP contribution in [0.15, 0.2) is 0 Å². The maximum atomic E-state index is 5.88. The fourth-order valence-corrected chi connectivity index (χ4v) is 4.31. The van der Waals surface area contributed by atoms with Crippen molar-refractivity contribution in [2.45, 2.75) is 17.7 Å². The van der Waals surface area contributed by atoms with E-state index in [0.717, 1.165) is 11.8 Å². The third-order valence-corrected chi connectivity index (χ3v) is 5.65. The van der Waals surface area contributed by atoms with Crippen LogP contribution in [0.3, 0.4) is 0 Å². The Morgan fingerprint density at radius 2 is 2.31 bits per heavy atom. The molecule has 0 aromatic rings. The Kier molecular flexibility index (Phi) is 3.13. The number of thioether (sulfide) groups is 2. The molecule has 0 aliphatic carbocycles. The van der Waals surface area contributed by atoms with Gasteiger partial charge in [-0.1, -0.05) is 6.92 Å². The van der Waals surface area contributed by atoms with Gasteiger partial charge in [0.15, 0.2) is 0 Å². The molecule has 2 nitrogen and oxygen atoms in total. The Morgan fingerprint density at radius 3 is 2.77 bits per heavy atom. The average molecular weight is 218 g/mol. The third-order valence-electron chi connectivity index (χ3n) is 3.03. The molecule has 1 atom stereocenters. The first-order chi connectivity index (χ1) is 6.27. The summed E-state index contributed by atoms with van der Waals surface area (Å²) in [6.07, 6.45) is 0. The van der Waals surface area contributed by atoms with Crippen molar-refractivity contribution in [2.24, 2.45) is 5.73 Å². The number of hydrogen-bond acceptors (Lipinski definition) is 4. The van der Waals surface area contributed by atoms with E-state index in [2.05, 4.69) is 23.6 Å². The lowest BCUT2D eigenvalue weighted by molar-refractivity contribution is 0.132. The van der Waals surface area contributed by atoms with E-state index in [1.807, 2.05) is 11.8 Å². The summed E-state index contributed by atoms with van der Waals surface area (Å²) in [4.78, 5) is 2.63. The molecular formula is C9H18N2S2. The topological polar surface area (TPSA) is 29.3 Å². The van der Waals surface area contributed by atoms with Crippen LogP contribution in [0, 0.1) is 0 Å². The third kappa shape index (κ3) is 1.87. The molecule has 2 rings (SSSR count). The molecule has 0 aromatic heterocycles. The quantitative estimate of drug-likeness (QED) is 0.745. The zero-order chi connectivity index (χ0) is 9.31. The Labute approximate surface area is 89.0 Å². The lowest BCUT2D eigenvalue weighted by Crippen LogP contribution is -2.65. The summed E-state index contributed by atoms with van der Waals surface area (Å²) in [6.45, 7) is 5.65. The largest absolute Gasteiger partial charge is 0.329 e. The van der Waals surface area contributed by atoms with Gasteiger partial charge in [-0.25, -0.2) is 0 Å². The maximum absolute atomic E-state index is 5.88. The van der Waals surface area contributed by atoms with Gasteiger partial charge in [0.2, 0.25) is 0 Å². The number of nitrogens with zero attached hydrogens (tertiary/aromatic N) is 1. The zero-order valence-corrected chi connectivity index (χ0v) is 9.79. The van der Waals surface area contributed by atoms with E-state index in [1.54, 1.807) is 0 Å². The minimum absolute atomic E-state index is 0.375. The Balaban J connectivity index is 1.97. The van der Waals surface area contributed by atoms with Crippen molar-refractivity contribution >= 4 is 23.5 Å². The fraction of sp³-hybridized carbons (Fsp3) is 1.00. The highest BCUT2D eigenvalue weighted by atomic mass is 32.2. The van der Waals surface area contributed by atoms with E-state index in [-0.39, 0.29) is 0 Å². The highest BCUT2D eigenvalue weighted by Gasteiger charge is 2.43. The van der Waals surface area contributed by atoms with Crippen LogP contribution in [0.5, 0.6) is 0 Å². The molecule has 0 saturated carbocycles. The minimum Gasteiger partial charge on any atom is -0.329 e. The van der Waals surface area contributed by atoms with Gasteiger partial charge in [-0.3, -0.25) is 4.90 Å². The Bertz CT molecular complexity index is 177. The average Bonchev–Trinajstić information content (AvgIpc) is 2.03. The smallest absolute Gasteiger partial charge is 0.0512 e. The van der Waals surface area contributed by atoms with E-state index in [4.69, 9.17) is 5.73 Å². The number of rotatable bonds is 2. The van der Waals surface area contributed by atoms with Crippen LogP contribution in [0.1, 0.15) is 6.92 Å². The zero-order valence-electron chi connectivity index (χ0n) is 8.16. The standard InChI is InChI=1S/C9H18N2S2/c1-8-4-11(2-3-13-8)9(5-10)6-12-7-9/h8H,2-7,10H2,1H3. The molecule has 2 N–H and O–H groups in total. The van der Waals surface area contributed by atoms with Crippen LogP contribution in [0.2, 0.25) is 0 Å². The summed E-state index contributed by atoms with van der Waals surface area (Å²) in [7, 11) is 0. The number of nitrogens with two attached hydrogens (primary N) is 1. The molecule has 0 spiro atoms. The predicted octanol–water partition coefficient (Wildman–Crippen LogP) is 0.868. The van der Waals surface area contributed by atoms with Crippen molar-refractivity contribution in [3.8, 4) is 0 Å². The first-order valence-corrected chi connectivity index (χ1v) is 7.12. The molecule has 0 radical (unpaired) electrons.